The van der Waals surface area contributed by atoms with Crippen LogP contribution >= 0.6 is 23.1 Å². The van der Waals surface area contributed by atoms with Gasteiger partial charge in [-0.2, -0.15) is 0 Å². The maximum Gasteiger partial charge on any atom is 0.408 e. The lowest BCUT2D eigenvalue weighted by atomic mass is 10.0. The fourth-order valence-corrected chi connectivity index (χ4v) is 5.08. The number of thiazole rings is 1. The van der Waals surface area contributed by atoms with E-state index in [-0.39, 0.29) is 18.9 Å². The molecule has 40 heavy (non-hydrogen) atoms. The first-order valence-corrected chi connectivity index (χ1v) is 14.8. The maximum atomic E-state index is 13.0. The summed E-state index contributed by atoms with van der Waals surface area (Å²) in [4.78, 5) is 59.0. The zero-order valence-corrected chi connectivity index (χ0v) is 26.0. The molecule has 0 saturated heterocycles. The number of rotatable bonds is 11. The molecule has 2 rings (SSSR count). The van der Waals surface area contributed by atoms with E-state index in [1.807, 2.05) is 5.38 Å². The summed E-state index contributed by atoms with van der Waals surface area (Å²) in [5.41, 5.74) is -0.652. The predicted molar refractivity (Wildman–Crippen MR) is 155 cm³/mol. The average molecular weight is 597 g/mol. The Balaban J connectivity index is 1.97. The summed E-state index contributed by atoms with van der Waals surface area (Å²) < 4.78 is 16.0. The van der Waals surface area contributed by atoms with Gasteiger partial charge in [0.1, 0.15) is 45.1 Å². The molecule has 0 radical (unpaired) electrons. The monoisotopic (exact) mass is 596 g/mol. The Kier molecular flexibility index (Phi) is 11.7. The van der Waals surface area contributed by atoms with Gasteiger partial charge in [0, 0.05) is 11.1 Å². The van der Waals surface area contributed by atoms with Crippen molar-refractivity contribution in [2.75, 3.05) is 5.75 Å². The third-order valence-electron chi connectivity index (χ3n) is 5.04. The minimum atomic E-state index is -0.942. The smallest absolute Gasteiger partial charge is 0.408 e. The van der Waals surface area contributed by atoms with E-state index < -0.39 is 53.3 Å². The number of hydrogen-bond donors (Lipinski definition) is 2. The second kappa shape index (κ2) is 14.1. The van der Waals surface area contributed by atoms with Crippen LogP contribution in [0.25, 0.3) is 0 Å². The minimum Gasteiger partial charge on any atom is -0.460 e. The number of carbonyl (C=O) groups excluding carboxylic acids is 4. The summed E-state index contributed by atoms with van der Waals surface area (Å²) in [7, 11) is 0. The molecule has 3 atom stereocenters. The van der Waals surface area contributed by atoms with Crippen LogP contribution in [-0.4, -0.2) is 69.1 Å². The highest BCUT2D eigenvalue weighted by Gasteiger charge is 2.33. The van der Waals surface area contributed by atoms with Gasteiger partial charge in [-0.1, -0.05) is 26.5 Å². The Morgan fingerprint density at radius 2 is 1.77 bits per heavy atom. The van der Waals surface area contributed by atoms with Crippen LogP contribution in [0, 0.1) is 5.92 Å². The molecule has 0 fully saturated rings. The summed E-state index contributed by atoms with van der Waals surface area (Å²) in [6.07, 6.45) is -0.246. The van der Waals surface area contributed by atoms with E-state index in [0.717, 1.165) is 0 Å². The van der Waals surface area contributed by atoms with E-state index in [4.69, 9.17) is 14.2 Å². The molecule has 222 valence electrons. The van der Waals surface area contributed by atoms with Gasteiger partial charge in [-0.25, -0.2) is 14.6 Å². The van der Waals surface area contributed by atoms with Gasteiger partial charge in [0.15, 0.2) is 0 Å². The van der Waals surface area contributed by atoms with Crippen molar-refractivity contribution in [2.45, 2.75) is 97.7 Å². The van der Waals surface area contributed by atoms with Gasteiger partial charge in [0.2, 0.25) is 5.91 Å². The standard InChI is InChI=1S/C27H40N4O7S2/c1-10-16(11-20(32)37-26(4,5)6)36-24(34)21(15(2)3)31-22(33)17-13-40-23(30-17)18-14-39-19(29-18)12-28-25(35)38-27(7,8)9/h10,14-17,21H,1,11-13H2,2-9H3,(H,28,35)(H,31,33)/t16-,17+,21+/m1/s1. The highest BCUT2D eigenvalue weighted by Crippen LogP contribution is 2.25. The lowest BCUT2D eigenvalue weighted by Gasteiger charge is -2.25. The molecule has 1 aromatic heterocycles. The molecule has 0 saturated carbocycles. The van der Waals surface area contributed by atoms with Crippen LogP contribution in [0.1, 0.15) is 72.5 Å². The van der Waals surface area contributed by atoms with Crippen LogP contribution in [-0.2, 0) is 35.1 Å². The first kappa shape index (κ1) is 33.3. The molecule has 1 aliphatic heterocycles. The molecular formula is C27H40N4O7S2. The molecule has 0 unspecified atom stereocenters. The van der Waals surface area contributed by atoms with Crippen LogP contribution in [0.4, 0.5) is 4.79 Å². The van der Waals surface area contributed by atoms with E-state index in [2.05, 4.69) is 27.2 Å². The first-order valence-electron chi connectivity index (χ1n) is 12.9. The van der Waals surface area contributed by atoms with Crippen molar-refractivity contribution in [2.24, 2.45) is 10.9 Å². The number of nitrogens with one attached hydrogen (secondary N) is 2. The number of ether oxygens (including phenoxy) is 3. The number of nitrogens with zero attached hydrogens (tertiary/aromatic N) is 2. The van der Waals surface area contributed by atoms with Crippen LogP contribution in [0.2, 0.25) is 0 Å². The molecule has 2 amide bonds. The second-order valence-corrected chi connectivity index (χ2v) is 13.4. The Morgan fingerprint density at radius 1 is 1.12 bits per heavy atom. The molecule has 2 heterocycles. The van der Waals surface area contributed by atoms with Gasteiger partial charge in [0.05, 0.1) is 13.0 Å². The maximum absolute atomic E-state index is 13.0. The minimum absolute atomic E-state index is 0.179. The highest BCUT2D eigenvalue weighted by atomic mass is 32.2. The van der Waals surface area contributed by atoms with E-state index >= 15 is 0 Å². The van der Waals surface area contributed by atoms with Crippen molar-refractivity contribution in [3.8, 4) is 0 Å². The van der Waals surface area contributed by atoms with Gasteiger partial charge < -0.3 is 24.8 Å². The number of amides is 2. The number of hydrogen-bond acceptors (Lipinski definition) is 11. The van der Waals surface area contributed by atoms with Crippen LogP contribution in [0.5, 0.6) is 0 Å². The van der Waals surface area contributed by atoms with Gasteiger partial charge >= 0.3 is 18.0 Å². The fourth-order valence-electron chi connectivity index (χ4n) is 3.29. The Labute approximate surface area is 243 Å². The van der Waals surface area contributed by atoms with Crippen molar-refractivity contribution in [3.05, 3.63) is 28.7 Å². The SMILES string of the molecule is C=C[C@H](CC(=O)OC(C)(C)C)OC(=O)[C@@H](NC(=O)[C@@H]1CSC(c2csc(CNC(=O)OC(C)(C)C)n2)=N1)C(C)C. The van der Waals surface area contributed by atoms with E-state index in [9.17, 15) is 19.2 Å². The number of aliphatic imine (C=N–C) groups is 1. The number of carbonyl (C=O) groups is 4. The molecule has 2 N–H and O–H groups in total. The third kappa shape index (κ3) is 11.3. The lowest BCUT2D eigenvalue weighted by molar-refractivity contribution is -0.161. The molecule has 0 spiro atoms. The largest absolute Gasteiger partial charge is 0.460 e. The normalized spacial score (nSPS) is 16.9. The van der Waals surface area contributed by atoms with Gasteiger partial charge in [-0.15, -0.1) is 23.1 Å². The van der Waals surface area contributed by atoms with Crippen molar-refractivity contribution in [3.63, 3.8) is 0 Å². The van der Waals surface area contributed by atoms with Crippen molar-refractivity contribution in [1.29, 1.82) is 0 Å². The topological polar surface area (TPSA) is 145 Å². The van der Waals surface area contributed by atoms with Crippen LogP contribution < -0.4 is 10.6 Å². The quantitative estimate of drug-likeness (QED) is 0.220. The van der Waals surface area contributed by atoms with E-state index in [0.29, 0.717) is 21.5 Å². The molecule has 1 aromatic rings. The molecule has 13 heteroatoms. The number of thioether (sulfide) groups is 1. The second-order valence-electron chi connectivity index (χ2n) is 11.5. The number of esters is 2. The average Bonchev–Trinajstić information content (AvgIpc) is 3.47. The molecule has 0 bridgehead atoms. The summed E-state index contributed by atoms with van der Waals surface area (Å²) in [5, 5.41) is 8.50. The van der Waals surface area contributed by atoms with E-state index in [1.54, 1.807) is 55.4 Å². The number of aromatic nitrogens is 1. The summed E-state index contributed by atoms with van der Waals surface area (Å²) in [6, 6.07) is -1.65. The Bertz CT molecular complexity index is 1120. The zero-order valence-electron chi connectivity index (χ0n) is 24.4. The predicted octanol–water partition coefficient (Wildman–Crippen LogP) is 4.00. The van der Waals surface area contributed by atoms with Crippen LogP contribution in [0.15, 0.2) is 23.0 Å². The Morgan fingerprint density at radius 3 is 2.35 bits per heavy atom. The molecule has 11 nitrogen and oxygen atoms in total. The fraction of sp³-hybridized carbons (Fsp3) is 0.630. The van der Waals surface area contributed by atoms with Crippen molar-refractivity contribution >= 4 is 52.1 Å². The molecule has 0 aromatic carbocycles. The zero-order chi connectivity index (χ0) is 30.3. The summed E-state index contributed by atoms with van der Waals surface area (Å²) in [5.74, 6) is -1.50. The van der Waals surface area contributed by atoms with Gasteiger partial charge in [-0.3, -0.25) is 14.6 Å². The van der Waals surface area contributed by atoms with Crippen molar-refractivity contribution < 1.29 is 33.4 Å². The molecular weight excluding hydrogens is 556 g/mol. The van der Waals surface area contributed by atoms with Crippen LogP contribution in [0.3, 0.4) is 0 Å². The van der Waals surface area contributed by atoms with E-state index in [1.165, 1.54) is 29.2 Å². The first-order chi connectivity index (χ1) is 18.5. The third-order valence-corrected chi connectivity index (χ3v) is 6.96. The molecule has 0 aliphatic carbocycles. The number of alkyl carbamates (subject to hydrolysis) is 1. The summed E-state index contributed by atoms with van der Waals surface area (Å²) in [6.45, 7) is 18.0. The highest BCUT2D eigenvalue weighted by molar-refractivity contribution is 8.14. The summed E-state index contributed by atoms with van der Waals surface area (Å²) >= 11 is 2.75. The lowest BCUT2D eigenvalue weighted by Crippen LogP contribution is -2.49. The van der Waals surface area contributed by atoms with Gasteiger partial charge in [0.25, 0.3) is 0 Å². The van der Waals surface area contributed by atoms with Crippen molar-refractivity contribution in [1.82, 2.24) is 15.6 Å². The molecule has 1 aliphatic rings. The van der Waals surface area contributed by atoms with Gasteiger partial charge in [-0.05, 0) is 47.5 Å². The Hall–Kier alpha value is -2.93.